The fourth-order valence-corrected chi connectivity index (χ4v) is 2.07. The van der Waals surface area contributed by atoms with Crippen molar-refractivity contribution in [1.82, 2.24) is 0 Å². The third kappa shape index (κ3) is 2.54. The van der Waals surface area contributed by atoms with E-state index in [1.807, 2.05) is 0 Å². The van der Waals surface area contributed by atoms with E-state index in [4.69, 9.17) is 28.9 Å². The van der Waals surface area contributed by atoms with Crippen LogP contribution in [-0.2, 0) is 6.42 Å². The Labute approximate surface area is 101 Å². The Morgan fingerprint density at radius 2 is 2.07 bits per heavy atom. The molecule has 0 aliphatic carbocycles. The number of halogens is 3. The van der Waals surface area contributed by atoms with Gasteiger partial charge in [0.2, 0.25) is 0 Å². The third-order valence-electron chi connectivity index (χ3n) is 1.87. The molecule has 0 unspecified atom stereocenters. The summed E-state index contributed by atoms with van der Waals surface area (Å²) >= 11 is 14.9. The molecule has 0 radical (unpaired) electrons. The molecule has 0 aliphatic rings. The zero-order chi connectivity index (χ0) is 10.7. The number of nitrogens with two attached hydrogens (primary N) is 1. The molecule has 0 amide bonds. The minimum Gasteiger partial charge on any atom is -0.506 e. The molecule has 0 aliphatic heterocycles. The highest BCUT2D eigenvalue weighted by Crippen LogP contribution is 2.39. The summed E-state index contributed by atoms with van der Waals surface area (Å²) in [6, 6.07) is 1.67. The van der Waals surface area contributed by atoms with E-state index in [0.717, 1.165) is 12.0 Å². The molecule has 2 nitrogen and oxygen atoms in total. The fraction of sp³-hybridized carbons (Fsp3) is 0.333. The van der Waals surface area contributed by atoms with Crippen LogP contribution in [0, 0.1) is 0 Å². The van der Waals surface area contributed by atoms with Crippen LogP contribution in [-0.4, -0.2) is 11.7 Å². The molecule has 3 N–H and O–H groups in total. The second-order valence-electron chi connectivity index (χ2n) is 2.89. The second kappa shape index (κ2) is 5.21. The summed E-state index contributed by atoms with van der Waals surface area (Å²) in [6.45, 7) is 0.581. The van der Waals surface area contributed by atoms with Crippen LogP contribution in [0.2, 0.25) is 10.0 Å². The van der Waals surface area contributed by atoms with Crippen molar-refractivity contribution in [3.8, 4) is 5.75 Å². The normalized spacial score (nSPS) is 10.6. The first-order chi connectivity index (χ1) is 6.57. The lowest BCUT2D eigenvalue weighted by Gasteiger charge is -2.08. The Balaban J connectivity index is 3.06. The van der Waals surface area contributed by atoms with Gasteiger partial charge in [-0.2, -0.15) is 0 Å². The van der Waals surface area contributed by atoms with Crippen LogP contribution in [0.1, 0.15) is 12.0 Å². The van der Waals surface area contributed by atoms with Gasteiger partial charge in [0.15, 0.2) is 0 Å². The van der Waals surface area contributed by atoms with E-state index in [9.17, 15) is 5.11 Å². The van der Waals surface area contributed by atoms with E-state index in [2.05, 4.69) is 15.9 Å². The molecule has 78 valence electrons. The fourth-order valence-electron chi connectivity index (χ4n) is 1.12. The average molecular weight is 299 g/mol. The molecule has 0 spiro atoms. The monoisotopic (exact) mass is 297 g/mol. The maximum absolute atomic E-state index is 9.70. The average Bonchev–Trinajstić information content (AvgIpc) is 2.18. The van der Waals surface area contributed by atoms with Gasteiger partial charge in [0.1, 0.15) is 5.75 Å². The largest absolute Gasteiger partial charge is 0.506 e. The van der Waals surface area contributed by atoms with Gasteiger partial charge in [0.05, 0.1) is 14.5 Å². The van der Waals surface area contributed by atoms with Crippen LogP contribution in [0.15, 0.2) is 10.5 Å². The molecular formula is C9H10BrCl2NO. The van der Waals surface area contributed by atoms with Gasteiger partial charge in [0, 0.05) is 0 Å². The van der Waals surface area contributed by atoms with Crippen molar-refractivity contribution in [1.29, 1.82) is 0 Å². The van der Waals surface area contributed by atoms with E-state index < -0.39 is 0 Å². The van der Waals surface area contributed by atoms with Crippen molar-refractivity contribution < 1.29 is 5.11 Å². The molecule has 0 fully saturated rings. The summed E-state index contributed by atoms with van der Waals surface area (Å²) in [5.74, 6) is 0.146. The lowest BCUT2D eigenvalue weighted by atomic mass is 10.1. The van der Waals surface area contributed by atoms with Gasteiger partial charge >= 0.3 is 0 Å². The topological polar surface area (TPSA) is 46.2 Å². The van der Waals surface area contributed by atoms with Crippen molar-refractivity contribution in [3.05, 3.63) is 26.1 Å². The van der Waals surface area contributed by atoms with Gasteiger partial charge in [0.25, 0.3) is 0 Å². The predicted octanol–water partition coefficient (Wildman–Crippen LogP) is 3.35. The minimum absolute atomic E-state index is 0.146. The van der Waals surface area contributed by atoms with Gasteiger partial charge in [-0.1, -0.05) is 23.2 Å². The van der Waals surface area contributed by atoms with Crippen molar-refractivity contribution in [2.24, 2.45) is 5.73 Å². The number of phenolic OH excluding ortho intramolecular Hbond substituents is 1. The zero-order valence-corrected chi connectivity index (χ0v) is 10.5. The Hall–Kier alpha value is 0.0400. The molecule has 0 heterocycles. The molecule has 0 saturated carbocycles. The number of hydrogen-bond acceptors (Lipinski definition) is 2. The third-order valence-corrected chi connectivity index (χ3v) is 3.65. The maximum Gasteiger partial charge on any atom is 0.134 e. The van der Waals surface area contributed by atoms with Crippen molar-refractivity contribution >= 4 is 39.1 Å². The molecule has 0 saturated heterocycles. The Morgan fingerprint density at radius 3 is 2.64 bits per heavy atom. The van der Waals surface area contributed by atoms with Crippen LogP contribution in [0.25, 0.3) is 0 Å². The van der Waals surface area contributed by atoms with Crippen molar-refractivity contribution in [3.63, 3.8) is 0 Å². The first-order valence-corrected chi connectivity index (χ1v) is 5.68. The Kier molecular flexibility index (Phi) is 4.51. The van der Waals surface area contributed by atoms with Gasteiger partial charge < -0.3 is 10.8 Å². The SMILES string of the molecule is NCCCc1cc(Cl)c(Cl)c(Br)c1O. The predicted molar refractivity (Wildman–Crippen MR) is 63.2 cm³/mol. The molecule has 1 aromatic carbocycles. The highest BCUT2D eigenvalue weighted by atomic mass is 79.9. The molecule has 0 bridgehead atoms. The Bertz CT molecular complexity index is 344. The highest BCUT2D eigenvalue weighted by Gasteiger charge is 2.12. The van der Waals surface area contributed by atoms with E-state index >= 15 is 0 Å². The van der Waals surface area contributed by atoms with Crippen LogP contribution >= 0.6 is 39.1 Å². The van der Waals surface area contributed by atoms with Crippen LogP contribution in [0.5, 0.6) is 5.75 Å². The maximum atomic E-state index is 9.70. The van der Waals surface area contributed by atoms with Crippen LogP contribution in [0.4, 0.5) is 0 Å². The number of hydrogen-bond donors (Lipinski definition) is 2. The molecule has 14 heavy (non-hydrogen) atoms. The van der Waals surface area contributed by atoms with Gasteiger partial charge in [-0.05, 0) is 46.9 Å². The summed E-state index contributed by atoms with van der Waals surface area (Å²) in [5.41, 5.74) is 6.14. The number of aromatic hydroxyl groups is 1. The van der Waals surface area contributed by atoms with Crippen molar-refractivity contribution in [2.75, 3.05) is 6.54 Å². The summed E-state index contributed by atoms with van der Waals surface area (Å²) in [7, 11) is 0. The first kappa shape index (κ1) is 12.1. The zero-order valence-electron chi connectivity index (χ0n) is 7.36. The molecule has 1 rings (SSSR count). The molecule has 5 heteroatoms. The van der Waals surface area contributed by atoms with Gasteiger partial charge in [-0.3, -0.25) is 0 Å². The van der Waals surface area contributed by atoms with E-state index in [0.29, 0.717) is 27.5 Å². The summed E-state index contributed by atoms with van der Waals surface area (Å²) in [5, 5.41) is 10.5. The van der Waals surface area contributed by atoms with E-state index in [-0.39, 0.29) is 5.75 Å². The van der Waals surface area contributed by atoms with E-state index in [1.54, 1.807) is 6.07 Å². The molecule has 0 aromatic heterocycles. The standard InChI is InChI=1S/C9H10BrCl2NO/c10-7-8(12)6(11)4-5(9(7)14)2-1-3-13/h4,14H,1-3,13H2. The lowest BCUT2D eigenvalue weighted by molar-refractivity contribution is 0.464. The number of aryl methyl sites for hydroxylation is 1. The second-order valence-corrected chi connectivity index (χ2v) is 4.46. The first-order valence-electron chi connectivity index (χ1n) is 4.13. The summed E-state index contributed by atoms with van der Waals surface area (Å²) in [4.78, 5) is 0. The van der Waals surface area contributed by atoms with Gasteiger partial charge in [-0.15, -0.1) is 0 Å². The smallest absolute Gasteiger partial charge is 0.134 e. The summed E-state index contributed by atoms with van der Waals surface area (Å²) < 4.78 is 0.443. The lowest BCUT2D eigenvalue weighted by Crippen LogP contribution is -2.00. The van der Waals surface area contributed by atoms with Gasteiger partial charge in [-0.25, -0.2) is 0 Å². The summed E-state index contributed by atoms with van der Waals surface area (Å²) in [6.07, 6.45) is 1.50. The quantitative estimate of drug-likeness (QED) is 0.841. The molecule has 0 atom stereocenters. The van der Waals surface area contributed by atoms with Crippen LogP contribution < -0.4 is 5.73 Å². The minimum atomic E-state index is 0.146. The molecular weight excluding hydrogens is 289 g/mol. The Morgan fingerprint density at radius 1 is 1.43 bits per heavy atom. The number of phenols is 1. The van der Waals surface area contributed by atoms with E-state index in [1.165, 1.54) is 0 Å². The van der Waals surface area contributed by atoms with Crippen molar-refractivity contribution in [2.45, 2.75) is 12.8 Å². The molecule has 1 aromatic rings. The van der Waals surface area contributed by atoms with Crippen LogP contribution in [0.3, 0.4) is 0 Å². The number of rotatable bonds is 3. The highest BCUT2D eigenvalue weighted by molar-refractivity contribution is 9.10. The number of benzene rings is 1.